The number of nitrogens with zero attached hydrogens (tertiary/aromatic N) is 3. The summed E-state index contributed by atoms with van der Waals surface area (Å²) in [5.74, 6) is 0.494. The van der Waals surface area contributed by atoms with Crippen LogP contribution in [0.4, 0.5) is 17.1 Å². The van der Waals surface area contributed by atoms with Crippen LogP contribution in [0, 0.1) is 0 Å². The Labute approximate surface area is 931 Å². The molecule has 0 aromatic heterocycles. The van der Waals surface area contributed by atoms with E-state index in [1.54, 1.807) is 61.4 Å². The van der Waals surface area contributed by atoms with E-state index in [-0.39, 0.29) is 111 Å². The molecule has 148 heavy (non-hydrogen) atoms. The van der Waals surface area contributed by atoms with Gasteiger partial charge in [0.2, 0.25) is 17.7 Å². The molecule has 27 heteroatoms. The zero-order valence-electron chi connectivity index (χ0n) is 95.9. The third-order valence-corrected chi connectivity index (χ3v) is 34.8. The van der Waals surface area contributed by atoms with Gasteiger partial charge in [-0.1, -0.05) is 519 Å². The average molecular weight is 2200 g/mol. The second kappa shape index (κ2) is 114. The van der Waals surface area contributed by atoms with Gasteiger partial charge in [0.15, 0.2) is 0 Å². The van der Waals surface area contributed by atoms with Gasteiger partial charge in [-0.15, -0.1) is 0 Å². The van der Waals surface area contributed by atoms with Crippen molar-refractivity contribution in [2.24, 2.45) is 0 Å². The molecule has 0 aliphatic carbocycles. The molecule has 3 N–H and O–H groups in total. The first-order valence-electron chi connectivity index (χ1n) is 61.6. The van der Waals surface area contributed by atoms with E-state index in [0.29, 0.717) is 138 Å². The summed E-state index contributed by atoms with van der Waals surface area (Å²) in [6.45, 7) is 19.8. The normalized spacial score (nSPS) is 11.5. The van der Waals surface area contributed by atoms with Gasteiger partial charge in [0.05, 0.1) is 78.2 Å². The maximum absolute atomic E-state index is 14.0. The van der Waals surface area contributed by atoms with Crippen LogP contribution in [0.2, 0.25) is 0 Å². The highest BCUT2D eigenvalue weighted by molar-refractivity contribution is 8.77. The van der Waals surface area contributed by atoms with Crippen LogP contribution in [-0.2, 0) is 71.6 Å². The Morgan fingerprint density at radius 2 is 0.345 bits per heavy atom. The van der Waals surface area contributed by atoms with Crippen molar-refractivity contribution >= 4 is 136 Å². The van der Waals surface area contributed by atoms with Crippen molar-refractivity contribution in [3.05, 3.63) is 18.2 Å². The Bertz CT molecular complexity index is 2920. The van der Waals surface area contributed by atoms with E-state index in [2.05, 4.69) is 67.3 Å². The second-order valence-electron chi connectivity index (χ2n) is 41.6. The SMILES string of the molecule is CCCCCCCCCCCCCCOC(=O)CCN(CCSSCCC(=O)Nc1cc(NC(=O)CCSSCCN(CCC(=O)OCCCCCCCCCCCCCC)CCC(=O)OCCCCCCCCCCCCCC)cc(NC(=O)CCSSN(CCC(=O)OCCCCCCCCCCCCCC)CCC(=O)OCCCCCCCCCCCCCC)c1)CCC(=O)OCCCCCCCCCCCCCC. The number of hydrogen-bond acceptors (Lipinski definition) is 24. The van der Waals surface area contributed by atoms with E-state index in [4.69, 9.17) is 28.4 Å². The molecule has 0 spiro atoms. The molecule has 0 heterocycles. The van der Waals surface area contributed by atoms with Crippen molar-refractivity contribution in [3.63, 3.8) is 0 Å². The Morgan fingerprint density at radius 1 is 0.189 bits per heavy atom. The van der Waals surface area contributed by atoms with Crippen LogP contribution in [0.25, 0.3) is 0 Å². The summed E-state index contributed by atoms with van der Waals surface area (Å²) in [5, 5.41) is 9.11. The van der Waals surface area contributed by atoms with Crippen molar-refractivity contribution in [2.45, 2.75) is 562 Å². The third kappa shape index (κ3) is 104. The maximum atomic E-state index is 14.0. The fourth-order valence-corrected chi connectivity index (χ4v) is 24.3. The highest BCUT2D eigenvalue weighted by atomic mass is 33.1. The predicted octanol–water partition coefficient (Wildman–Crippen LogP) is 35.4. The molecule has 0 fully saturated rings. The summed E-state index contributed by atoms with van der Waals surface area (Å²) in [4.78, 5) is 125. The van der Waals surface area contributed by atoms with Crippen LogP contribution < -0.4 is 16.0 Å². The summed E-state index contributed by atoms with van der Waals surface area (Å²) in [5.41, 5.74) is 1.16. The lowest BCUT2D eigenvalue weighted by Crippen LogP contribution is -2.31. The van der Waals surface area contributed by atoms with Gasteiger partial charge in [0.25, 0.3) is 0 Å². The van der Waals surface area contributed by atoms with Gasteiger partial charge in [-0.05, 0) is 67.7 Å². The number of amides is 3. The lowest BCUT2D eigenvalue weighted by Gasteiger charge is -2.21. The van der Waals surface area contributed by atoms with Gasteiger partial charge in [0.1, 0.15) is 0 Å². The van der Waals surface area contributed by atoms with Crippen molar-refractivity contribution in [3.8, 4) is 0 Å². The summed E-state index contributed by atoms with van der Waals surface area (Å²) in [6.07, 6.45) is 90.3. The summed E-state index contributed by atoms with van der Waals surface area (Å²) >= 11 is 0. The number of carbonyl (C=O) groups is 9. The maximum Gasteiger partial charge on any atom is 0.307 e. The smallest absolute Gasteiger partial charge is 0.307 e. The first kappa shape index (κ1) is 142. The lowest BCUT2D eigenvalue weighted by atomic mass is 10.1. The molecule has 0 aliphatic rings. The quantitative estimate of drug-likeness (QED) is 0.0180. The zero-order valence-corrected chi connectivity index (χ0v) is 101. The standard InChI is InChI=1S/C121H224N6O15S6/c1-7-13-19-25-31-37-43-49-55-61-67-73-96-137-116(131)79-88-125(89-80-117(132)138-97-74-68-62-56-50-44-38-32-26-20-14-8-2)94-105-145-143-102-85-113(128)122-110-107-111(123-114(129)86-103-144-146-106-95-126(90-81-118(133)139-98-75-69-63-57-51-45-39-33-27-21-15-9-3)91-82-119(134)140-99-76-70-64-58-52-46-40-34-28-22-16-10-4)109-112(108-110)124-115(130)87-104-147-148-127(92-83-120(135)141-100-77-71-65-59-53-47-41-35-29-23-17-11-5)93-84-121(136)142-101-78-72-66-60-54-48-42-36-30-24-18-12-6/h107-109H,7-106H2,1-6H3,(H,122,128)(H,123,129)(H,124,130). The topological polar surface area (TPSA) is 255 Å². The molecule has 0 unspecified atom stereocenters. The van der Waals surface area contributed by atoms with Gasteiger partial charge in [-0.3, -0.25) is 43.2 Å². The Morgan fingerprint density at radius 3 is 0.527 bits per heavy atom. The minimum atomic E-state index is -0.285. The Kier molecular flexibility index (Phi) is 110. The van der Waals surface area contributed by atoms with Gasteiger partial charge in [0, 0.05) is 117 Å². The summed E-state index contributed by atoms with van der Waals surface area (Å²) in [7, 11) is 9.27. The number of nitrogens with one attached hydrogen (secondary N) is 3. The number of ether oxygens (including phenoxy) is 6. The van der Waals surface area contributed by atoms with Crippen LogP contribution in [-0.4, -0.2) is 188 Å². The van der Waals surface area contributed by atoms with E-state index < -0.39 is 0 Å². The van der Waals surface area contributed by atoms with Crippen molar-refractivity contribution in [1.29, 1.82) is 0 Å². The molecule has 1 rings (SSSR count). The highest BCUT2D eigenvalue weighted by Gasteiger charge is 2.20. The fraction of sp³-hybridized carbons (Fsp3) is 0.876. The first-order chi connectivity index (χ1) is 72.6. The number of carbonyl (C=O) groups excluding carboxylic acids is 9. The van der Waals surface area contributed by atoms with Crippen LogP contribution in [0.5, 0.6) is 0 Å². The fourth-order valence-electron chi connectivity index (χ4n) is 18.1. The number of esters is 6. The van der Waals surface area contributed by atoms with Crippen molar-refractivity contribution in [1.82, 2.24) is 14.1 Å². The largest absolute Gasteiger partial charge is 0.466 e. The van der Waals surface area contributed by atoms with Crippen LogP contribution in [0.15, 0.2) is 18.2 Å². The molecule has 0 bridgehead atoms. The molecule has 864 valence electrons. The van der Waals surface area contributed by atoms with Gasteiger partial charge < -0.3 is 54.2 Å². The molecule has 0 saturated heterocycles. The number of anilines is 3. The molecular formula is C121H224N6O15S6. The molecule has 3 amide bonds. The lowest BCUT2D eigenvalue weighted by molar-refractivity contribution is -0.146. The number of benzene rings is 1. The molecule has 1 aromatic rings. The third-order valence-electron chi connectivity index (χ3n) is 27.6. The predicted molar refractivity (Wildman–Crippen MR) is 640 cm³/mol. The van der Waals surface area contributed by atoms with E-state index in [9.17, 15) is 43.2 Å². The Balaban J connectivity index is 3.30. The summed E-state index contributed by atoms with van der Waals surface area (Å²) < 4.78 is 36.3. The summed E-state index contributed by atoms with van der Waals surface area (Å²) in [6, 6.07) is 5.07. The van der Waals surface area contributed by atoms with Crippen molar-refractivity contribution in [2.75, 3.05) is 137 Å². The zero-order chi connectivity index (χ0) is 107. The Hall–Kier alpha value is -3.57. The highest BCUT2D eigenvalue weighted by Crippen LogP contribution is 2.32. The van der Waals surface area contributed by atoms with Crippen LogP contribution in [0.1, 0.15) is 562 Å². The minimum absolute atomic E-state index is 0.113. The second-order valence-corrected chi connectivity index (χ2v) is 49.5. The molecule has 21 nitrogen and oxygen atoms in total. The van der Waals surface area contributed by atoms with Crippen molar-refractivity contribution < 1.29 is 71.6 Å². The van der Waals surface area contributed by atoms with Gasteiger partial charge in [-0.25, -0.2) is 4.31 Å². The molecular weight excluding hydrogens is 1970 g/mol. The van der Waals surface area contributed by atoms with Crippen LogP contribution in [0.3, 0.4) is 0 Å². The molecule has 0 saturated carbocycles. The molecule has 1 aromatic carbocycles. The van der Waals surface area contributed by atoms with E-state index >= 15 is 0 Å². The number of unbranched alkanes of at least 4 members (excludes halogenated alkanes) is 66. The first-order valence-corrected chi connectivity index (χ1v) is 68.9. The van der Waals surface area contributed by atoms with E-state index in [1.807, 2.05) is 4.31 Å². The van der Waals surface area contributed by atoms with Crippen LogP contribution >= 0.6 is 64.9 Å². The average Bonchev–Trinajstić information content (AvgIpc) is 0.849. The van der Waals surface area contributed by atoms with Gasteiger partial charge >= 0.3 is 35.8 Å². The van der Waals surface area contributed by atoms with Gasteiger partial charge in [-0.2, -0.15) is 0 Å². The molecule has 0 radical (unpaired) electrons. The number of rotatable bonds is 118. The number of hydrogen-bond donors (Lipinski definition) is 3. The molecule has 0 aliphatic heterocycles. The van der Waals surface area contributed by atoms with E-state index in [1.165, 1.54) is 368 Å². The monoisotopic (exact) mass is 2190 g/mol. The van der Waals surface area contributed by atoms with E-state index in [0.717, 1.165) is 116 Å². The molecule has 0 atom stereocenters. The minimum Gasteiger partial charge on any atom is -0.466 e.